The number of carbonyl (C=O) groups excluding carboxylic acids is 1. The second-order valence-electron chi connectivity index (χ2n) is 5.28. The molecule has 4 nitrogen and oxygen atoms in total. The number of benzene rings is 1. The molecule has 1 atom stereocenters. The lowest BCUT2D eigenvalue weighted by Crippen LogP contribution is -2.38. The molecule has 20 heavy (non-hydrogen) atoms. The molecule has 0 aromatic heterocycles. The highest BCUT2D eigenvalue weighted by molar-refractivity contribution is 5.99. The Kier molecular flexibility index (Phi) is 5.56. The Morgan fingerprint density at radius 2 is 2.30 bits per heavy atom. The van der Waals surface area contributed by atoms with Crippen molar-refractivity contribution in [1.82, 2.24) is 5.32 Å². The van der Waals surface area contributed by atoms with Crippen LogP contribution in [-0.2, 0) is 11.2 Å². The Morgan fingerprint density at radius 3 is 3.05 bits per heavy atom. The smallest absolute Gasteiger partial charge is 0.244 e. The predicted octanol–water partition coefficient (Wildman–Crippen LogP) is 1.72. The largest absolute Gasteiger partial charge is 0.396 e. The first-order valence-corrected chi connectivity index (χ1v) is 7.50. The van der Waals surface area contributed by atoms with E-state index < -0.39 is 0 Å². The summed E-state index contributed by atoms with van der Waals surface area (Å²) in [6.07, 6.45) is 3.53. The number of aliphatic hydroxyl groups is 1. The Hall–Kier alpha value is -1.39. The summed E-state index contributed by atoms with van der Waals surface area (Å²) in [5.74, 6) is 0.178. The molecule has 1 aliphatic heterocycles. The molecule has 1 fully saturated rings. The van der Waals surface area contributed by atoms with Crippen molar-refractivity contribution >= 4 is 11.6 Å². The molecule has 0 spiro atoms. The van der Waals surface area contributed by atoms with E-state index in [0.717, 1.165) is 44.5 Å². The Labute approximate surface area is 120 Å². The minimum atomic E-state index is -0.0314. The van der Waals surface area contributed by atoms with Crippen LogP contribution in [0.4, 0.5) is 5.69 Å². The zero-order chi connectivity index (χ0) is 14.4. The molecule has 1 aromatic carbocycles. The van der Waals surface area contributed by atoms with Crippen LogP contribution in [0.15, 0.2) is 24.3 Å². The molecule has 1 saturated heterocycles. The first kappa shape index (κ1) is 15.0. The predicted molar refractivity (Wildman–Crippen MR) is 80.9 cm³/mol. The van der Waals surface area contributed by atoms with Crippen LogP contribution in [0, 0.1) is 0 Å². The van der Waals surface area contributed by atoms with Crippen molar-refractivity contribution < 1.29 is 9.90 Å². The Bertz CT molecular complexity index is 448. The average molecular weight is 276 g/mol. The fraction of sp³-hybridized carbons (Fsp3) is 0.562. The van der Waals surface area contributed by atoms with E-state index in [0.29, 0.717) is 0 Å². The van der Waals surface area contributed by atoms with Crippen molar-refractivity contribution in [3.63, 3.8) is 0 Å². The van der Waals surface area contributed by atoms with Crippen LogP contribution in [0.3, 0.4) is 0 Å². The molecule has 1 unspecified atom stereocenters. The second-order valence-corrected chi connectivity index (χ2v) is 5.28. The summed E-state index contributed by atoms with van der Waals surface area (Å²) in [7, 11) is 0. The van der Waals surface area contributed by atoms with Gasteiger partial charge < -0.3 is 15.3 Å². The molecule has 1 heterocycles. The van der Waals surface area contributed by atoms with E-state index in [-0.39, 0.29) is 18.6 Å². The molecular formula is C16H24N2O2. The molecule has 1 amide bonds. The fourth-order valence-corrected chi connectivity index (χ4v) is 2.61. The van der Waals surface area contributed by atoms with Gasteiger partial charge in [0.15, 0.2) is 0 Å². The third-order valence-corrected chi connectivity index (χ3v) is 3.69. The van der Waals surface area contributed by atoms with Gasteiger partial charge in [0.1, 0.15) is 0 Å². The number of hydrogen-bond donors (Lipinski definition) is 2. The number of amides is 1. The summed E-state index contributed by atoms with van der Waals surface area (Å²) in [5, 5.41) is 12.2. The summed E-state index contributed by atoms with van der Waals surface area (Å²) >= 11 is 0. The van der Waals surface area contributed by atoms with Crippen molar-refractivity contribution in [3.8, 4) is 0 Å². The van der Waals surface area contributed by atoms with Gasteiger partial charge in [-0.3, -0.25) is 4.79 Å². The molecular weight excluding hydrogens is 252 g/mol. The summed E-state index contributed by atoms with van der Waals surface area (Å²) in [6.45, 7) is 3.98. The number of nitrogens with zero attached hydrogens (tertiary/aromatic N) is 1. The van der Waals surface area contributed by atoms with Crippen LogP contribution >= 0.6 is 0 Å². The zero-order valence-electron chi connectivity index (χ0n) is 12.1. The van der Waals surface area contributed by atoms with Crippen LogP contribution in [0.2, 0.25) is 0 Å². The van der Waals surface area contributed by atoms with E-state index in [2.05, 4.69) is 18.3 Å². The summed E-state index contributed by atoms with van der Waals surface area (Å²) in [6, 6.07) is 8.06. The van der Waals surface area contributed by atoms with Gasteiger partial charge in [0, 0.05) is 18.8 Å². The maximum Gasteiger partial charge on any atom is 0.244 e. The molecule has 4 heteroatoms. The van der Waals surface area contributed by atoms with E-state index in [1.165, 1.54) is 5.56 Å². The second kappa shape index (κ2) is 7.41. The van der Waals surface area contributed by atoms with Crippen molar-refractivity contribution in [1.29, 1.82) is 0 Å². The third kappa shape index (κ3) is 3.58. The topological polar surface area (TPSA) is 52.6 Å². The van der Waals surface area contributed by atoms with Gasteiger partial charge in [-0.1, -0.05) is 19.1 Å². The molecule has 0 radical (unpaired) electrons. The number of rotatable bonds is 7. The normalized spacial score (nSPS) is 18.8. The first-order valence-electron chi connectivity index (χ1n) is 7.50. The van der Waals surface area contributed by atoms with Crippen LogP contribution in [0.5, 0.6) is 0 Å². The van der Waals surface area contributed by atoms with E-state index in [9.17, 15) is 4.79 Å². The molecule has 2 N–H and O–H groups in total. The summed E-state index contributed by atoms with van der Waals surface area (Å²) in [4.78, 5) is 14.2. The minimum Gasteiger partial charge on any atom is -0.396 e. The van der Waals surface area contributed by atoms with E-state index >= 15 is 0 Å². The molecule has 0 bridgehead atoms. The van der Waals surface area contributed by atoms with Crippen LogP contribution in [0.25, 0.3) is 0 Å². The van der Waals surface area contributed by atoms with E-state index in [4.69, 9.17) is 5.11 Å². The first-order chi connectivity index (χ1) is 9.76. The monoisotopic (exact) mass is 276 g/mol. The summed E-state index contributed by atoms with van der Waals surface area (Å²) < 4.78 is 0. The number of nitrogens with one attached hydrogen (secondary N) is 1. The van der Waals surface area contributed by atoms with Gasteiger partial charge in [-0.05, 0) is 49.9 Å². The standard InChI is InChI=1S/C16H24N2O2/c1-2-9-17-15-8-10-18(16(15)20)14-7-3-5-13(12-14)6-4-11-19/h3,5,7,12,15,17,19H,2,4,6,8-11H2,1H3. The molecule has 0 aliphatic carbocycles. The lowest BCUT2D eigenvalue weighted by atomic mass is 10.1. The van der Waals surface area contributed by atoms with Gasteiger partial charge in [0.2, 0.25) is 5.91 Å². The molecule has 0 saturated carbocycles. The van der Waals surface area contributed by atoms with Gasteiger partial charge in [-0.2, -0.15) is 0 Å². The van der Waals surface area contributed by atoms with Crippen LogP contribution < -0.4 is 10.2 Å². The van der Waals surface area contributed by atoms with Crippen molar-refractivity contribution in [2.24, 2.45) is 0 Å². The van der Waals surface area contributed by atoms with Gasteiger partial charge in [-0.25, -0.2) is 0 Å². The highest BCUT2D eigenvalue weighted by Gasteiger charge is 2.31. The van der Waals surface area contributed by atoms with Crippen molar-refractivity contribution in [2.45, 2.75) is 38.6 Å². The van der Waals surface area contributed by atoms with Gasteiger partial charge in [0.05, 0.1) is 6.04 Å². The highest BCUT2D eigenvalue weighted by atomic mass is 16.2. The molecule has 110 valence electrons. The van der Waals surface area contributed by atoms with Crippen molar-refractivity contribution in [2.75, 3.05) is 24.6 Å². The van der Waals surface area contributed by atoms with Crippen molar-refractivity contribution in [3.05, 3.63) is 29.8 Å². The maximum absolute atomic E-state index is 12.4. The summed E-state index contributed by atoms with van der Waals surface area (Å²) in [5.41, 5.74) is 2.15. The lowest BCUT2D eigenvalue weighted by Gasteiger charge is -2.18. The van der Waals surface area contributed by atoms with Gasteiger partial charge in [-0.15, -0.1) is 0 Å². The van der Waals surface area contributed by atoms with E-state index in [1.54, 1.807) is 0 Å². The number of carbonyl (C=O) groups is 1. The molecule has 1 aromatic rings. The molecule has 2 rings (SSSR count). The Morgan fingerprint density at radius 1 is 1.45 bits per heavy atom. The van der Waals surface area contributed by atoms with Crippen LogP contribution in [-0.4, -0.2) is 36.8 Å². The SMILES string of the molecule is CCCNC1CCN(c2cccc(CCCO)c2)C1=O. The minimum absolute atomic E-state index is 0.0314. The van der Waals surface area contributed by atoms with E-state index in [1.807, 2.05) is 23.1 Å². The average Bonchev–Trinajstić information content (AvgIpc) is 2.84. The number of hydrogen-bond acceptors (Lipinski definition) is 3. The Balaban J connectivity index is 2.02. The number of aryl methyl sites for hydroxylation is 1. The lowest BCUT2D eigenvalue weighted by molar-refractivity contribution is -0.118. The number of anilines is 1. The fourth-order valence-electron chi connectivity index (χ4n) is 2.61. The molecule has 1 aliphatic rings. The zero-order valence-corrected chi connectivity index (χ0v) is 12.1. The number of aliphatic hydroxyl groups excluding tert-OH is 1. The van der Waals surface area contributed by atoms with Crippen LogP contribution in [0.1, 0.15) is 31.7 Å². The maximum atomic E-state index is 12.4. The van der Waals surface area contributed by atoms with Gasteiger partial charge >= 0.3 is 0 Å². The highest BCUT2D eigenvalue weighted by Crippen LogP contribution is 2.23. The quantitative estimate of drug-likeness (QED) is 0.797. The third-order valence-electron chi connectivity index (χ3n) is 3.69. The van der Waals surface area contributed by atoms with Gasteiger partial charge in [0.25, 0.3) is 0 Å².